The van der Waals surface area contributed by atoms with E-state index in [1.165, 1.54) is 6.07 Å². The molecule has 6 heteroatoms. The number of hydrogen-bond acceptors (Lipinski definition) is 2. The second kappa shape index (κ2) is 6.75. The molecule has 2 rings (SSSR count). The summed E-state index contributed by atoms with van der Waals surface area (Å²) in [5, 5.41) is 3.14. The monoisotopic (exact) mass is 419 g/mol. The molecule has 0 aliphatic heterocycles. The van der Waals surface area contributed by atoms with Crippen molar-refractivity contribution in [1.82, 2.24) is 0 Å². The molecule has 0 heterocycles. The fraction of sp³-hybridized carbons (Fsp3) is 0.200. The zero-order valence-electron chi connectivity index (χ0n) is 11.4. The molecule has 0 aliphatic carbocycles. The lowest BCUT2D eigenvalue weighted by molar-refractivity contribution is 0.412. The molecule has 0 spiro atoms. The largest absolute Gasteiger partial charge is 0.495 e. The Morgan fingerprint density at radius 1 is 1.10 bits per heavy atom. The standard InChI is InChI=1S/C15H13Br2F2NO/c1-8(10-5-9(18)3-4-13(10)19)20-14-7-15(21-2)12(17)6-11(14)16/h3-8,20H,1-2H3. The van der Waals surface area contributed by atoms with E-state index in [9.17, 15) is 8.78 Å². The maximum Gasteiger partial charge on any atom is 0.135 e. The van der Waals surface area contributed by atoms with Crippen molar-refractivity contribution in [2.75, 3.05) is 12.4 Å². The van der Waals surface area contributed by atoms with E-state index in [1.807, 2.05) is 6.07 Å². The van der Waals surface area contributed by atoms with Crippen molar-refractivity contribution < 1.29 is 13.5 Å². The molecule has 112 valence electrons. The zero-order chi connectivity index (χ0) is 15.6. The van der Waals surface area contributed by atoms with Gasteiger partial charge in [-0.05, 0) is 63.0 Å². The highest BCUT2D eigenvalue weighted by atomic mass is 79.9. The molecular formula is C15H13Br2F2NO. The van der Waals surface area contributed by atoms with Crippen LogP contribution in [-0.4, -0.2) is 7.11 Å². The predicted octanol–water partition coefficient (Wildman–Crippen LogP) is 5.67. The van der Waals surface area contributed by atoms with Crippen molar-refractivity contribution in [2.45, 2.75) is 13.0 Å². The lowest BCUT2D eigenvalue weighted by Crippen LogP contribution is -2.09. The van der Waals surface area contributed by atoms with Gasteiger partial charge in [-0.15, -0.1) is 0 Å². The lowest BCUT2D eigenvalue weighted by Gasteiger charge is -2.18. The second-order valence-electron chi connectivity index (χ2n) is 4.50. The number of benzene rings is 2. The van der Waals surface area contributed by atoms with Crippen molar-refractivity contribution in [3.8, 4) is 5.75 Å². The fourth-order valence-corrected chi connectivity index (χ4v) is 3.22. The van der Waals surface area contributed by atoms with Crippen LogP contribution in [0.4, 0.5) is 14.5 Å². The summed E-state index contributed by atoms with van der Waals surface area (Å²) in [5.41, 5.74) is 0.995. The second-order valence-corrected chi connectivity index (χ2v) is 6.21. The molecule has 2 aromatic rings. The van der Waals surface area contributed by atoms with Crippen molar-refractivity contribution in [2.24, 2.45) is 0 Å². The Balaban J connectivity index is 2.31. The molecule has 21 heavy (non-hydrogen) atoms. The summed E-state index contributed by atoms with van der Waals surface area (Å²) in [6.45, 7) is 1.76. The molecule has 2 nitrogen and oxygen atoms in total. The van der Waals surface area contributed by atoms with Crippen LogP contribution in [0.15, 0.2) is 39.3 Å². The maximum absolute atomic E-state index is 13.8. The molecule has 0 fully saturated rings. The first-order valence-corrected chi connectivity index (χ1v) is 7.75. The number of anilines is 1. The van der Waals surface area contributed by atoms with E-state index in [4.69, 9.17) is 4.74 Å². The van der Waals surface area contributed by atoms with Gasteiger partial charge in [0.2, 0.25) is 0 Å². The zero-order valence-corrected chi connectivity index (χ0v) is 14.6. The number of rotatable bonds is 4. The van der Waals surface area contributed by atoms with Gasteiger partial charge in [0.25, 0.3) is 0 Å². The van der Waals surface area contributed by atoms with Crippen molar-refractivity contribution >= 4 is 37.5 Å². The summed E-state index contributed by atoms with van der Waals surface area (Å²) in [6, 6.07) is 6.63. The van der Waals surface area contributed by atoms with Crippen LogP contribution in [0.2, 0.25) is 0 Å². The highest BCUT2D eigenvalue weighted by Crippen LogP contribution is 2.36. The van der Waals surface area contributed by atoms with Crippen LogP contribution in [0.25, 0.3) is 0 Å². The van der Waals surface area contributed by atoms with E-state index in [2.05, 4.69) is 37.2 Å². The molecule has 1 unspecified atom stereocenters. The van der Waals surface area contributed by atoms with Gasteiger partial charge < -0.3 is 10.1 Å². The van der Waals surface area contributed by atoms with E-state index in [1.54, 1.807) is 20.1 Å². The molecular weight excluding hydrogens is 408 g/mol. The van der Waals surface area contributed by atoms with Crippen LogP contribution in [0.1, 0.15) is 18.5 Å². The quantitative estimate of drug-likeness (QED) is 0.687. The molecule has 0 saturated carbocycles. The number of ether oxygens (including phenoxy) is 1. The molecule has 0 radical (unpaired) electrons. The van der Waals surface area contributed by atoms with Gasteiger partial charge in [0, 0.05) is 16.1 Å². The van der Waals surface area contributed by atoms with Crippen LogP contribution in [0, 0.1) is 11.6 Å². The summed E-state index contributed by atoms with van der Waals surface area (Å²) >= 11 is 6.81. The van der Waals surface area contributed by atoms with E-state index in [0.29, 0.717) is 5.75 Å². The van der Waals surface area contributed by atoms with E-state index in [0.717, 1.165) is 26.8 Å². The summed E-state index contributed by atoms with van der Waals surface area (Å²) < 4.78 is 33.9. The summed E-state index contributed by atoms with van der Waals surface area (Å²) in [7, 11) is 1.56. The van der Waals surface area contributed by atoms with E-state index >= 15 is 0 Å². The average molecular weight is 421 g/mol. The van der Waals surface area contributed by atoms with Crippen LogP contribution < -0.4 is 10.1 Å². The van der Waals surface area contributed by atoms with Crippen LogP contribution in [0.5, 0.6) is 5.75 Å². The normalized spacial score (nSPS) is 12.1. The van der Waals surface area contributed by atoms with Gasteiger partial charge in [0.15, 0.2) is 0 Å². The third-order valence-electron chi connectivity index (χ3n) is 3.04. The van der Waals surface area contributed by atoms with Crippen LogP contribution in [-0.2, 0) is 0 Å². The summed E-state index contributed by atoms with van der Waals surface area (Å²) in [4.78, 5) is 0. The first-order valence-electron chi connectivity index (χ1n) is 6.17. The van der Waals surface area contributed by atoms with Gasteiger partial charge in [-0.25, -0.2) is 8.78 Å². The topological polar surface area (TPSA) is 21.3 Å². The number of nitrogens with one attached hydrogen (secondary N) is 1. The van der Waals surface area contributed by atoms with E-state index < -0.39 is 17.7 Å². The lowest BCUT2D eigenvalue weighted by atomic mass is 10.1. The summed E-state index contributed by atoms with van der Waals surface area (Å²) in [6.07, 6.45) is 0. The third kappa shape index (κ3) is 3.74. The van der Waals surface area contributed by atoms with Crippen molar-refractivity contribution in [3.05, 3.63) is 56.5 Å². The maximum atomic E-state index is 13.8. The van der Waals surface area contributed by atoms with Crippen molar-refractivity contribution in [1.29, 1.82) is 0 Å². The Morgan fingerprint density at radius 2 is 1.81 bits per heavy atom. The van der Waals surface area contributed by atoms with E-state index in [-0.39, 0.29) is 5.56 Å². The summed E-state index contributed by atoms with van der Waals surface area (Å²) in [5.74, 6) is -0.267. The molecule has 0 bridgehead atoms. The van der Waals surface area contributed by atoms with Crippen molar-refractivity contribution in [3.63, 3.8) is 0 Å². The number of halogens is 4. The highest BCUT2D eigenvalue weighted by molar-refractivity contribution is 9.11. The van der Waals surface area contributed by atoms with Crippen LogP contribution >= 0.6 is 31.9 Å². The Bertz CT molecular complexity index is 664. The minimum Gasteiger partial charge on any atom is -0.495 e. The van der Waals surface area contributed by atoms with Gasteiger partial charge >= 0.3 is 0 Å². The van der Waals surface area contributed by atoms with Gasteiger partial charge in [-0.2, -0.15) is 0 Å². The first-order chi connectivity index (χ1) is 9.92. The Labute approximate surface area is 138 Å². The molecule has 1 N–H and O–H groups in total. The SMILES string of the molecule is COc1cc(NC(C)c2cc(F)ccc2F)c(Br)cc1Br. The third-order valence-corrected chi connectivity index (χ3v) is 4.31. The Kier molecular flexibility index (Phi) is 5.22. The average Bonchev–Trinajstić information content (AvgIpc) is 2.44. The minimum atomic E-state index is -0.465. The van der Waals surface area contributed by atoms with Gasteiger partial charge in [-0.3, -0.25) is 0 Å². The number of methoxy groups -OCH3 is 1. The predicted molar refractivity (Wildman–Crippen MR) is 86.8 cm³/mol. The molecule has 0 amide bonds. The molecule has 0 saturated heterocycles. The smallest absolute Gasteiger partial charge is 0.135 e. The molecule has 0 aliphatic rings. The highest BCUT2D eigenvalue weighted by Gasteiger charge is 2.14. The van der Waals surface area contributed by atoms with Gasteiger partial charge in [0.1, 0.15) is 17.4 Å². The Morgan fingerprint density at radius 3 is 2.48 bits per heavy atom. The Hall–Kier alpha value is -1.14. The van der Waals surface area contributed by atoms with Gasteiger partial charge in [0.05, 0.1) is 23.3 Å². The van der Waals surface area contributed by atoms with Crippen LogP contribution in [0.3, 0.4) is 0 Å². The van der Waals surface area contributed by atoms with Gasteiger partial charge in [-0.1, -0.05) is 0 Å². The molecule has 0 aromatic heterocycles. The molecule has 2 aromatic carbocycles. The molecule has 1 atom stereocenters. The number of hydrogen-bond donors (Lipinski definition) is 1. The fourth-order valence-electron chi connectivity index (χ4n) is 1.95. The first kappa shape index (κ1) is 16.2. The minimum absolute atomic E-state index is 0.267.